The first kappa shape index (κ1) is 8.40. The van der Waals surface area contributed by atoms with Crippen molar-refractivity contribution in [2.45, 2.75) is 50.4 Å². The zero-order valence-corrected chi connectivity index (χ0v) is 11.0. The van der Waals surface area contributed by atoms with E-state index in [1.54, 1.807) is 32.1 Å². The molecule has 0 aliphatic heterocycles. The zero-order chi connectivity index (χ0) is 8.11. The summed E-state index contributed by atoms with van der Waals surface area (Å²) in [6.07, 6.45) is 8.00. The second-order valence-electron chi connectivity index (χ2n) is 5.68. The van der Waals surface area contributed by atoms with E-state index in [0.717, 1.165) is 9.35 Å². The van der Waals surface area contributed by atoms with Crippen LogP contribution in [0.2, 0.25) is 18.2 Å². The zero-order valence-electron chi connectivity index (χ0n) is 8.11. The molecule has 1 heteroatoms. The third kappa shape index (κ3) is 1.16. The van der Waals surface area contributed by atoms with Crippen molar-refractivity contribution in [3.63, 3.8) is 0 Å². The predicted octanol–water partition coefficient (Wildman–Crippen LogP) is 3.66. The van der Waals surface area contributed by atoms with Crippen LogP contribution in [-0.2, 0) is 0 Å². The molecule has 0 heterocycles. The first-order valence-corrected chi connectivity index (χ1v) is 15.0. The van der Waals surface area contributed by atoms with Crippen molar-refractivity contribution < 1.29 is 0 Å². The molecule has 2 aliphatic rings. The van der Waals surface area contributed by atoms with Gasteiger partial charge in [-0.2, -0.15) is 0 Å². The van der Waals surface area contributed by atoms with E-state index >= 15 is 0 Å². The molecule has 0 aromatic heterocycles. The fraction of sp³-hybridized carbons (Fsp3) is 1.00. The van der Waals surface area contributed by atoms with Crippen molar-refractivity contribution in [3.05, 3.63) is 0 Å². The van der Waals surface area contributed by atoms with Crippen LogP contribution in [0.1, 0.15) is 32.1 Å². The van der Waals surface area contributed by atoms with Crippen LogP contribution in [0.4, 0.5) is 0 Å². The molecule has 0 unspecified atom stereocenters. The van der Waals surface area contributed by atoms with Crippen molar-refractivity contribution in [3.8, 4) is 0 Å². The minimum atomic E-state index is -1.55. The molecule has 11 heavy (non-hydrogen) atoms. The molecule has 0 atom stereocenters. The van der Waals surface area contributed by atoms with Gasteiger partial charge in [-0.1, -0.05) is 0 Å². The minimum absolute atomic E-state index is 0.958. The van der Waals surface area contributed by atoms with Crippen molar-refractivity contribution in [2.24, 2.45) is 5.92 Å². The monoisotopic (exact) mass is 260 g/mol. The average Bonchev–Trinajstić information content (AvgIpc) is 2.42. The molecular formula is C10H20Sn. The fourth-order valence-corrected chi connectivity index (χ4v) is 10.9. The summed E-state index contributed by atoms with van der Waals surface area (Å²) in [6, 6.07) is 0. The van der Waals surface area contributed by atoms with Crippen LogP contribution in [0.25, 0.3) is 0 Å². The van der Waals surface area contributed by atoms with Crippen LogP contribution >= 0.6 is 0 Å². The molecule has 0 amide bonds. The molecule has 2 saturated carbocycles. The van der Waals surface area contributed by atoms with Gasteiger partial charge in [0, 0.05) is 0 Å². The van der Waals surface area contributed by atoms with Crippen LogP contribution in [0.15, 0.2) is 0 Å². The Morgan fingerprint density at radius 2 is 1.64 bits per heavy atom. The number of hydrogen-bond acceptors (Lipinski definition) is 0. The van der Waals surface area contributed by atoms with Crippen molar-refractivity contribution in [1.82, 2.24) is 0 Å². The van der Waals surface area contributed by atoms with Gasteiger partial charge in [-0.25, -0.2) is 0 Å². The summed E-state index contributed by atoms with van der Waals surface area (Å²) in [7, 11) is 0. The third-order valence-corrected chi connectivity index (χ3v) is 15.4. The molecule has 0 saturated heterocycles. The second-order valence-corrected chi connectivity index (χ2v) is 21.5. The molecule has 0 spiro atoms. The molecule has 2 fully saturated rings. The second kappa shape index (κ2) is 2.40. The Hall–Kier alpha value is 0.799. The first-order chi connectivity index (χ1) is 5.04. The van der Waals surface area contributed by atoms with E-state index in [9.17, 15) is 0 Å². The SMILES string of the molecule is [CH3][Sn]([CH3])([CH3])[C]12CCC(CC1)C2. The molecule has 0 aromatic carbocycles. The molecule has 2 rings (SSSR count). The van der Waals surface area contributed by atoms with E-state index in [1.807, 2.05) is 0 Å². The van der Waals surface area contributed by atoms with E-state index in [2.05, 4.69) is 14.8 Å². The Bertz CT molecular complexity index is 158. The van der Waals surface area contributed by atoms with Gasteiger partial charge in [0.2, 0.25) is 0 Å². The topological polar surface area (TPSA) is 0 Å². The Balaban J connectivity index is 2.23. The summed E-state index contributed by atoms with van der Waals surface area (Å²) < 4.78 is 0.958. The van der Waals surface area contributed by atoms with E-state index < -0.39 is 18.4 Å². The average molecular weight is 259 g/mol. The Kier molecular flexibility index (Phi) is 1.83. The van der Waals surface area contributed by atoms with Gasteiger partial charge in [0.05, 0.1) is 0 Å². The van der Waals surface area contributed by atoms with Gasteiger partial charge >= 0.3 is 74.6 Å². The van der Waals surface area contributed by atoms with Gasteiger partial charge in [0.1, 0.15) is 0 Å². The van der Waals surface area contributed by atoms with Gasteiger partial charge in [0.25, 0.3) is 0 Å². The fourth-order valence-electron chi connectivity index (χ4n) is 3.25. The van der Waals surface area contributed by atoms with E-state index in [1.165, 1.54) is 0 Å². The maximum absolute atomic E-state index is 2.64. The number of rotatable bonds is 1. The van der Waals surface area contributed by atoms with Crippen LogP contribution < -0.4 is 0 Å². The summed E-state index contributed by atoms with van der Waals surface area (Å²) in [5.41, 5.74) is 0. The molecule has 0 N–H and O–H groups in total. The quantitative estimate of drug-likeness (QED) is 0.630. The van der Waals surface area contributed by atoms with Gasteiger partial charge in [-0.05, 0) is 0 Å². The van der Waals surface area contributed by atoms with Crippen LogP contribution in [0.3, 0.4) is 0 Å². The van der Waals surface area contributed by atoms with Gasteiger partial charge in [0.15, 0.2) is 0 Å². The first-order valence-electron chi connectivity index (χ1n) is 5.04. The van der Waals surface area contributed by atoms with Gasteiger partial charge in [-0.3, -0.25) is 0 Å². The molecule has 2 bridgehead atoms. The normalized spacial score (nSPS) is 43.4. The van der Waals surface area contributed by atoms with Crippen molar-refractivity contribution in [1.29, 1.82) is 0 Å². The summed E-state index contributed by atoms with van der Waals surface area (Å²) in [5.74, 6) is 1.16. The summed E-state index contributed by atoms with van der Waals surface area (Å²) >= 11 is -1.55. The molecular weight excluding hydrogens is 239 g/mol. The van der Waals surface area contributed by atoms with Crippen molar-refractivity contribution >= 4 is 18.4 Å². The summed E-state index contributed by atoms with van der Waals surface area (Å²) in [5, 5.41) is 0. The van der Waals surface area contributed by atoms with E-state index in [4.69, 9.17) is 0 Å². The Morgan fingerprint density at radius 1 is 1.09 bits per heavy atom. The number of hydrogen-bond donors (Lipinski definition) is 0. The third-order valence-electron chi connectivity index (χ3n) is 4.33. The van der Waals surface area contributed by atoms with Crippen LogP contribution in [0, 0.1) is 5.92 Å². The standard InChI is InChI=1S/C7H11.3CH3.Sn/c1-2-7-4-3-6(1)5-7;;;;/h6H,1-5H2;3*1H3;. The summed E-state index contributed by atoms with van der Waals surface area (Å²) in [6.45, 7) is 0. The Morgan fingerprint density at radius 3 is 1.82 bits per heavy atom. The van der Waals surface area contributed by atoms with Crippen LogP contribution in [-0.4, -0.2) is 18.4 Å². The number of fused-ring (bicyclic) bond motifs is 2. The maximum atomic E-state index is 2.64. The van der Waals surface area contributed by atoms with Gasteiger partial charge in [-0.15, -0.1) is 0 Å². The predicted molar refractivity (Wildman–Crippen MR) is 52.6 cm³/mol. The molecule has 2 aliphatic carbocycles. The van der Waals surface area contributed by atoms with E-state index in [-0.39, 0.29) is 0 Å². The molecule has 64 valence electrons. The van der Waals surface area contributed by atoms with Crippen molar-refractivity contribution in [2.75, 3.05) is 0 Å². The molecule has 0 nitrogen and oxygen atoms in total. The molecule has 0 aromatic rings. The summed E-state index contributed by atoms with van der Waals surface area (Å²) in [4.78, 5) is 7.92. The van der Waals surface area contributed by atoms with E-state index in [0.29, 0.717) is 0 Å². The Labute approximate surface area is 74.6 Å². The van der Waals surface area contributed by atoms with Crippen LogP contribution in [0.5, 0.6) is 0 Å². The molecule has 0 radical (unpaired) electrons. The van der Waals surface area contributed by atoms with Gasteiger partial charge < -0.3 is 0 Å².